The Kier molecular flexibility index (Phi) is 6.09. The van der Waals surface area contributed by atoms with Crippen molar-refractivity contribution in [3.63, 3.8) is 0 Å². The summed E-state index contributed by atoms with van der Waals surface area (Å²) in [6.07, 6.45) is 1.91. The minimum absolute atomic E-state index is 0.126. The molecule has 5 rings (SSSR count). The molecule has 1 atom stereocenters. The Bertz CT molecular complexity index is 1240. The zero-order valence-corrected chi connectivity index (χ0v) is 19.6. The van der Waals surface area contributed by atoms with E-state index in [0.29, 0.717) is 18.8 Å². The van der Waals surface area contributed by atoms with Crippen molar-refractivity contribution in [2.45, 2.75) is 42.5 Å². The van der Waals surface area contributed by atoms with Crippen LogP contribution in [0.15, 0.2) is 75.4 Å². The Hall–Kier alpha value is -3.25. The summed E-state index contributed by atoms with van der Waals surface area (Å²) in [5.41, 5.74) is 4.67. The first-order valence-electron chi connectivity index (χ1n) is 11.3. The van der Waals surface area contributed by atoms with E-state index in [1.807, 2.05) is 43.3 Å². The van der Waals surface area contributed by atoms with Gasteiger partial charge in [-0.3, -0.25) is 9.79 Å². The Morgan fingerprint density at radius 1 is 1.03 bits per heavy atom. The standard InChI is InChI=1S/C27H26N2O3S/c1-3-6-21-20-7-4-5-8-25(20)33-26-12-10-19(15-22(26)29-21)27(30)28-17(2)18-9-11-23-24(16-18)32-14-13-31-23/h4-5,7-12,15-17H,3,6,13-14H2,1-2H3,(H,28,30)/t17-/m0/s1. The molecule has 1 amide bonds. The minimum atomic E-state index is -0.176. The monoisotopic (exact) mass is 458 g/mol. The number of nitrogens with zero attached hydrogens (tertiary/aromatic N) is 1. The largest absolute Gasteiger partial charge is 0.486 e. The lowest BCUT2D eigenvalue weighted by molar-refractivity contribution is 0.0939. The highest BCUT2D eigenvalue weighted by atomic mass is 32.2. The first-order chi connectivity index (χ1) is 16.1. The van der Waals surface area contributed by atoms with Crippen LogP contribution >= 0.6 is 11.8 Å². The van der Waals surface area contributed by atoms with Crippen LogP contribution in [0.5, 0.6) is 11.5 Å². The van der Waals surface area contributed by atoms with Gasteiger partial charge in [-0.05, 0) is 55.3 Å². The number of hydrogen-bond donors (Lipinski definition) is 1. The van der Waals surface area contributed by atoms with Gasteiger partial charge in [0.05, 0.1) is 11.7 Å². The molecular formula is C27H26N2O3S. The van der Waals surface area contributed by atoms with Crippen molar-refractivity contribution in [2.24, 2.45) is 4.99 Å². The van der Waals surface area contributed by atoms with Crippen LogP contribution in [-0.4, -0.2) is 24.8 Å². The lowest BCUT2D eigenvalue weighted by Crippen LogP contribution is -2.26. The molecule has 3 aromatic rings. The van der Waals surface area contributed by atoms with Gasteiger partial charge in [-0.2, -0.15) is 0 Å². The number of amides is 1. The molecule has 2 aliphatic rings. The number of carbonyl (C=O) groups excluding carboxylic acids is 1. The van der Waals surface area contributed by atoms with E-state index < -0.39 is 0 Å². The lowest BCUT2D eigenvalue weighted by atomic mass is 10.1. The number of fused-ring (bicyclic) bond motifs is 3. The predicted octanol–water partition coefficient (Wildman–Crippen LogP) is 6.33. The molecule has 0 saturated carbocycles. The summed E-state index contributed by atoms with van der Waals surface area (Å²) in [6.45, 7) is 5.22. The average Bonchev–Trinajstić information content (AvgIpc) is 3.00. The van der Waals surface area contributed by atoms with E-state index in [0.717, 1.165) is 46.2 Å². The molecule has 2 aliphatic heterocycles. The van der Waals surface area contributed by atoms with Crippen LogP contribution in [0, 0.1) is 0 Å². The fraction of sp³-hybridized carbons (Fsp3) is 0.259. The summed E-state index contributed by atoms with van der Waals surface area (Å²) in [7, 11) is 0. The van der Waals surface area contributed by atoms with Gasteiger partial charge in [-0.15, -0.1) is 0 Å². The number of rotatable bonds is 5. The van der Waals surface area contributed by atoms with E-state index in [1.54, 1.807) is 11.8 Å². The summed E-state index contributed by atoms with van der Waals surface area (Å²) in [5, 5.41) is 3.10. The molecule has 33 heavy (non-hydrogen) atoms. The summed E-state index contributed by atoms with van der Waals surface area (Å²) >= 11 is 1.71. The molecule has 0 spiro atoms. The van der Waals surface area contributed by atoms with Crippen LogP contribution in [0.3, 0.4) is 0 Å². The molecule has 0 bridgehead atoms. The third kappa shape index (κ3) is 4.48. The normalized spacial score (nSPS) is 14.9. The quantitative estimate of drug-likeness (QED) is 0.485. The number of nitrogens with one attached hydrogen (secondary N) is 1. The van der Waals surface area contributed by atoms with Crippen LogP contribution < -0.4 is 14.8 Å². The maximum atomic E-state index is 13.1. The summed E-state index contributed by atoms with van der Waals surface area (Å²) in [4.78, 5) is 20.3. The van der Waals surface area contributed by atoms with Crippen LogP contribution in [0.2, 0.25) is 0 Å². The van der Waals surface area contributed by atoms with Gasteiger partial charge in [-0.25, -0.2) is 0 Å². The van der Waals surface area contributed by atoms with Gasteiger partial charge in [0.15, 0.2) is 11.5 Å². The summed E-state index contributed by atoms with van der Waals surface area (Å²) in [5.74, 6) is 1.34. The Labute approximate surface area is 198 Å². The fourth-order valence-electron chi connectivity index (χ4n) is 4.07. The Balaban J connectivity index is 1.39. The first kappa shape index (κ1) is 21.6. The minimum Gasteiger partial charge on any atom is -0.486 e. The van der Waals surface area contributed by atoms with Gasteiger partial charge in [0.25, 0.3) is 5.91 Å². The molecule has 6 heteroatoms. The second kappa shape index (κ2) is 9.32. The van der Waals surface area contributed by atoms with Crippen molar-refractivity contribution in [1.82, 2.24) is 5.32 Å². The van der Waals surface area contributed by atoms with Crippen molar-refractivity contribution in [3.8, 4) is 11.5 Å². The number of carbonyl (C=O) groups is 1. The van der Waals surface area contributed by atoms with E-state index in [1.165, 1.54) is 10.5 Å². The van der Waals surface area contributed by atoms with Crippen LogP contribution in [-0.2, 0) is 0 Å². The smallest absolute Gasteiger partial charge is 0.251 e. The van der Waals surface area contributed by atoms with Crippen molar-refractivity contribution in [2.75, 3.05) is 13.2 Å². The van der Waals surface area contributed by atoms with Crippen molar-refractivity contribution in [3.05, 3.63) is 77.4 Å². The molecule has 5 nitrogen and oxygen atoms in total. The van der Waals surface area contributed by atoms with E-state index in [4.69, 9.17) is 14.5 Å². The zero-order valence-electron chi connectivity index (χ0n) is 18.8. The van der Waals surface area contributed by atoms with Gasteiger partial charge in [0, 0.05) is 26.6 Å². The van der Waals surface area contributed by atoms with Gasteiger partial charge in [0.2, 0.25) is 0 Å². The van der Waals surface area contributed by atoms with Crippen LogP contribution in [0.1, 0.15) is 54.2 Å². The van der Waals surface area contributed by atoms with Gasteiger partial charge in [-0.1, -0.05) is 49.4 Å². The molecule has 0 radical (unpaired) electrons. The molecule has 168 valence electrons. The number of aliphatic imine (C=N–C) groups is 1. The molecule has 0 aromatic heterocycles. The molecule has 0 unspecified atom stereocenters. The average molecular weight is 459 g/mol. The molecule has 1 N–H and O–H groups in total. The third-order valence-electron chi connectivity index (χ3n) is 5.80. The number of hydrogen-bond acceptors (Lipinski definition) is 5. The van der Waals surface area contributed by atoms with Gasteiger partial charge >= 0.3 is 0 Å². The van der Waals surface area contributed by atoms with E-state index in [-0.39, 0.29) is 11.9 Å². The van der Waals surface area contributed by atoms with Gasteiger partial charge < -0.3 is 14.8 Å². The summed E-state index contributed by atoms with van der Waals surface area (Å²) in [6, 6.07) is 19.8. The molecule has 3 aromatic carbocycles. The van der Waals surface area contributed by atoms with Gasteiger partial charge in [0.1, 0.15) is 13.2 Å². The van der Waals surface area contributed by atoms with Crippen molar-refractivity contribution < 1.29 is 14.3 Å². The molecule has 0 fully saturated rings. The summed E-state index contributed by atoms with van der Waals surface area (Å²) < 4.78 is 11.3. The third-order valence-corrected chi connectivity index (χ3v) is 6.94. The van der Waals surface area contributed by atoms with E-state index in [2.05, 4.69) is 36.5 Å². The maximum absolute atomic E-state index is 13.1. The first-order valence-corrected chi connectivity index (χ1v) is 12.1. The molecule has 2 heterocycles. The second-order valence-corrected chi connectivity index (χ2v) is 9.27. The Morgan fingerprint density at radius 3 is 2.70 bits per heavy atom. The molecule has 0 aliphatic carbocycles. The SMILES string of the molecule is CCCC1=Nc2cc(C(=O)N[C@@H](C)c3ccc4c(c3)OCCO4)ccc2Sc2ccccc21. The molecular weight excluding hydrogens is 432 g/mol. The highest BCUT2D eigenvalue weighted by Gasteiger charge is 2.20. The number of benzene rings is 3. The topological polar surface area (TPSA) is 59.9 Å². The van der Waals surface area contributed by atoms with Crippen LogP contribution in [0.4, 0.5) is 5.69 Å². The predicted molar refractivity (Wildman–Crippen MR) is 131 cm³/mol. The van der Waals surface area contributed by atoms with Crippen molar-refractivity contribution in [1.29, 1.82) is 0 Å². The highest BCUT2D eigenvalue weighted by molar-refractivity contribution is 7.99. The van der Waals surface area contributed by atoms with E-state index in [9.17, 15) is 4.79 Å². The highest BCUT2D eigenvalue weighted by Crippen LogP contribution is 2.41. The second-order valence-electron chi connectivity index (χ2n) is 8.19. The fourth-order valence-corrected chi connectivity index (χ4v) is 5.09. The zero-order chi connectivity index (χ0) is 22.8. The molecule has 0 saturated heterocycles. The van der Waals surface area contributed by atoms with Crippen molar-refractivity contribution >= 4 is 29.1 Å². The van der Waals surface area contributed by atoms with Crippen LogP contribution in [0.25, 0.3) is 0 Å². The van der Waals surface area contributed by atoms with E-state index >= 15 is 0 Å². The lowest BCUT2D eigenvalue weighted by Gasteiger charge is -2.21. The Morgan fingerprint density at radius 2 is 1.85 bits per heavy atom. The number of ether oxygens (including phenoxy) is 2. The maximum Gasteiger partial charge on any atom is 0.251 e.